The van der Waals surface area contributed by atoms with Crippen molar-refractivity contribution in [1.82, 2.24) is 9.88 Å². The van der Waals surface area contributed by atoms with E-state index in [0.29, 0.717) is 23.3 Å². The van der Waals surface area contributed by atoms with Crippen LogP contribution in [0.2, 0.25) is 0 Å². The van der Waals surface area contributed by atoms with Gasteiger partial charge in [-0.1, -0.05) is 11.3 Å². The van der Waals surface area contributed by atoms with E-state index in [-0.39, 0.29) is 18.6 Å². The van der Waals surface area contributed by atoms with Crippen molar-refractivity contribution in [3.05, 3.63) is 4.88 Å². The first kappa shape index (κ1) is 13.6. The molecule has 6 nitrogen and oxygen atoms in total. The molecule has 20 heavy (non-hydrogen) atoms. The highest BCUT2D eigenvalue weighted by molar-refractivity contribution is 7.18. The monoisotopic (exact) mass is 296 g/mol. The fourth-order valence-electron chi connectivity index (χ4n) is 2.54. The van der Waals surface area contributed by atoms with Gasteiger partial charge in [-0.05, 0) is 32.1 Å². The van der Waals surface area contributed by atoms with Crippen molar-refractivity contribution in [3.63, 3.8) is 0 Å². The zero-order valence-corrected chi connectivity index (χ0v) is 12.2. The Morgan fingerprint density at radius 1 is 1.45 bits per heavy atom. The molecule has 0 bridgehead atoms. The van der Waals surface area contributed by atoms with Gasteiger partial charge in [0.2, 0.25) is 0 Å². The number of carbonyl (C=O) groups is 1. The summed E-state index contributed by atoms with van der Waals surface area (Å²) in [5.74, 6) is 0.202. The van der Waals surface area contributed by atoms with Crippen LogP contribution in [0.5, 0.6) is 0 Å². The molecule has 0 radical (unpaired) electrons. The maximum Gasteiger partial charge on any atom is 0.268 e. The van der Waals surface area contributed by atoms with Gasteiger partial charge in [-0.25, -0.2) is 4.98 Å². The summed E-state index contributed by atoms with van der Waals surface area (Å²) in [6.07, 6.45) is 5.20. The molecule has 2 aliphatic rings. The molecule has 0 aromatic carbocycles. The highest BCUT2D eigenvalue weighted by atomic mass is 32.1. The van der Waals surface area contributed by atoms with Gasteiger partial charge in [-0.3, -0.25) is 4.79 Å². The molecule has 4 N–H and O–H groups in total. The fraction of sp³-hybridized carbons (Fsp3) is 0.692. The Morgan fingerprint density at radius 2 is 2.25 bits per heavy atom. The maximum atomic E-state index is 12.6. The van der Waals surface area contributed by atoms with Crippen molar-refractivity contribution in [2.75, 3.05) is 24.2 Å². The third-order valence-corrected chi connectivity index (χ3v) is 4.84. The minimum atomic E-state index is -0.0948. The van der Waals surface area contributed by atoms with Crippen molar-refractivity contribution >= 4 is 28.2 Å². The van der Waals surface area contributed by atoms with E-state index < -0.39 is 0 Å². The quantitative estimate of drug-likeness (QED) is 0.778. The van der Waals surface area contributed by atoms with Gasteiger partial charge < -0.3 is 21.1 Å². The van der Waals surface area contributed by atoms with Crippen molar-refractivity contribution in [3.8, 4) is 0 Å². The SMILES string of the molecule is Nc1nc(NC2CC2)sc1C(=O)N1CCCCC1CO. The van der Waals surface area contributed by atoms with Crippen LogP contribution in [0.15, 0.2) is 0 Å². The molecule has 2 fully saturated rings. The largest absolute Gasteiger partial charge is 0.394 e. The summed E-state index contributed by atoms with van der Waals surface area (Å²) in [7, 11) is 0. The third kappa shape index (κ3) is 2.73. The topological polar surface area (TPSA) is 91.5 Å². The molecular weight excluding hydrogens is 276 g/mol. The van der Waals surface area contributed by atoms with Crippen LogP contribution in [-0.2, 0) is 0 Å². The molecule has 110 valence electrons. The van der Waals surface area contributed by atoms with E-state index in [1.807, 2.05) is 0 Å². The molecular formula is C13H20N4O2S. The van der Waals surface area contributed by atoms with Gasteiger partial charge in [0.25, 0.3) is 5.91 Å². The zero-order valence-electron chi connectivity index (χ0n) is 11.3. The molecule has 1 amide bonds. The van der Waals surface area contributed by atoms with Gasteiger partial charge in [-0.15, -0.1) is 0 Å². The van der Waals surface area contributed by atoms with Crippen molar-refractivity contribution in [1.29, 1.82) is 0 Å². The summed E-state index contributed by atoms with van der Waals surface area (Å²) in [5, 5.41) is 13.4. The number of rotatable bonds is 4. The Bertz CT molecular complexity index is 501. The fourth-order valence-corrected chi connectivity index (χ4v) is 3.46. The Morgan fingerprint density at radius 3 is 2.95 bits per heavy atom. The second kappa shape index (κ2) is 5.57. The van der Waals surface area contributed by atoms with Gasteiger partial charge in [0, 0.05) is 12.6 Å². The molecule has 1 saturated heterocycles. The first-order valence-electron chi connectivity index (χ1n) is 7.13. The number of piperidine rings is 1. The lowest BCUT2D eigenvalue weighted by Gasteiger charge is -2.34. The van der Waals surface area contributed by atoms with Gasteiger partial charge >= 0.3 is 0 Å². The second-order valence-corrected chi connectivity index (χ2v) is 6.48. The average Bonchev–Trinajstić information content (AvgIpc) is 3.20. The number of nitrogens with one attached hydrogen (secondary N) is 1. The van der Waals surface area contributed by atoms with Gasteiger partial charge in [0.05, 0.1) is 12.6 Å². The van der Waals surface area contributed by atoms with Crippen LogP contribution in [-0.4, -0.2) is 46.1 Å². The standard InChI is InChI=1S/C13H20N4O2S/c14-11-10(20-13(16-11)15-8-4-5-8)12(19)17-6-2-1-3-9(17)7-18/h8-9,18H,1-7,14H2,(H,15,16). The molecule has 1 aromatic heterocycles. The highest BCUT2D eigenvalue weighted by Gasteiger charge is 2.30. The lowest BCUT2D eigenvalue weighted by molar-refractivity contribution is 0.0508. The Labute approximate surface area is 122 Å². The van der Waals surface area contributed by atoms with Crippen molar-refractivity contribution in [2.24, 2.45) is 0 Å². The maximum absolute atomic E-state index is 12.6. The van der Waals surface area contributed by atoms with E-state index in [2.05, 4.69) is 10.3 Å². The minimum absolute atomic E-state index is 0.0115. The van der Waals surface area contributed by atoms with Gasteiger partial charge in [-0.2, -0.15) is 0 Å². The van der Waals surface area contributed by atoms with Gasteiger partial charge in [0.15, 0.2) is 5.13 Å². The normalized spacial score (nSPS) is 22.9. The molecule has 1 saturated carbocycles. The van der Waals surface area contributed by atoms with Crippen LogP contribution in [0.25, 0.3) is 0 Å². The number of likely N-dealkylation sites (tertiary alicyclic amines) is 1. The lowest BCUT2D eigenvalue weighted by atomic mass is 10.0. The molecule has 1 aliphatic carbocycles. The number of aliphatic hydroxyl groups excluding tert-OH is 1. The van der Waals surface area contributed by atoms with Crippen molar-refractivity contribution in [2.45, 2.75) is 44.2 Å². The van der Waals surface area contributed by atoms with Crippen LogP contribution in [0.3, 0.4) is 0 Å². The van der Waals surface area contributed by atoms with E-state index in [0.717, 1.165) is 37.2 Å². The number of thiazole rings is 1. The summed E-state index contributed by atoms with van der Waals surface area (Å²) in [6, 6.07) is 0.404. The van der Waals surface area contributed by atoms with E-state index in [1.54, 1.807) is 4.90 Å². The predicted molar refractivity (Wildman–Crippen MR) is 78.9 cm³/mol. The molecule has 1 aromatic rings. The van der Waals surface area contributed by atoms with Gasteiger partial charge in [0.1, 0.15) is 10.7 Å². The van der Waals surface area contributed by atoms with Crippen LogP contribution in [0, 0.1) is 0 Å². The molecule has 2 heterocycles. The highest BCUT2D eigenvalue weighted by Crippen LogP contribution is 2.32. The number of aliphatic hydroxyl groups is 1. The van der Waals surface area contributed by atoms with Crippen LogP contribution < -0.4 is 11.1 Å². The number of nitrogens with zero attached hydrogens (tertiary/aromatic N) is 2. The summed E-state index contributed by atoms with van der Waals surface area (Å²) < 4.78 is 0. The van der Waals surface area contributed by atoms with E-state index in [4.69, 9.17) is 5.73 Å². The molecule has 1 atom stereocenters. The lowest BCUT2D eigenvalue weighted by Crippen LogP contribution is -2.45. The molecule has 0 spiro atoms. The Balaban J connectivity index is 1.76. The first-order chi connectivity index (χ1) is 9.69. The van der Waals surface area contributed by atoms with Crippen LogP contribution in [0.4, 0.5) is 10.9 Å². The van der Waals surface area contributed by atoms with Crippen molar-refractivity contribution < 1.29 is 9.90 Å². The number of hydrogen-bond donors (Lipinski definition) is 3. The number of anilines is 2. The summed E-state index contributed by atoms with van der Waals surface area (Å²) >= 11 is 1.32. The Kier molecular flexibility index (Phi) is 3.80. The number of aromatic nitrogens is 1. The summed E-state index contributed by atoms with van der Waals surface area (Å²) in [4.78, 5) is 19.1. The average molecular weight is 296 g/mol. The molecule has 7 heteroatoms. The third-order valence-electron chi connectivity index (χ3n) is 3.85. The minimum Gasteiger partial charge on any atom is -0.394 e. The number of nitrogens with two attached hydrogens (primary N) is 1. The number of carbonyl (C=O) groups excluding carboxylic acids is 1. The summed E-state index contributed by atoms with van der Waals surface area (Å²) in [6.45, 7) is 0.699. The summed E-state index contributed by atoms with van der Waals surface area (Å²) in [5.41, 5.74) is 5.88. The molecule has 3 rings (SSSR count). The first-order valence-corrected chi connectivity index (χ1v) is 7.95. The van der Waals surface area contributed by atoms with E-state index in [9.17, 15) is 9.90 Å². The zero-order chi connectivity index (χ0) is 14.1. The predicted octanol–water partition coefficient (Wildman–Crippen LogP) is 1.29. The van der Waals surface area contributed by atoms with Crippen LogP contribution >= 0.6 is 11.3 Å². The number of amides is 1. The second-order valence-electron chi connectivity index (χ2n) is 5.48. The van der Waals surface area contributed by atoms with E-state index in [1.165, 1.54) is 11.3 Å². The van der Waals surface area contributed by atoms with E-state index >= 15 is 0 Å². The Hall–Kier alpha value is -1.34. The number of hydrogen-bond acceptors (Lipinski definition) is 6. The molecule has 1 unspecified atom stereocenters. The smallest absolute Gasteiger partial charge is 0.268 e. The van der Waals surface area contributed by atoms with Crippen LogP contribution in [0.1, 0.15) is 41.8 Å². The number of nitrogen functional groups attached to an aromatic ring is 1. The molecule has 1 aliphatic heterocycles.